The number of nitrogens with zero attached hydrogens (tertiary/aromatic N) is 2. The van der Waals surface area contributed by atoms with Crippen molar-refractivity contribution in [3.8, 4) is 0 Å². The van der Waals surface area contributed by atoms with Gasteiger partial charge in [0.2, 0.25) is 5.91 Å². The number of benzene rings is 1. The fourth-order valence-electron chi connectivity index (χ4n) is 3.38. The molecule has 1 fully saturated rings. The maximum Gasteiger partial charge on any atom is 0.251 e. The first-order chi connectivity index (χ1) is 13.1. The van der Waals surface area contributed by atoms with Gasteiger partial charge in [-0.05, 0) is 42.9 Å². The van der Waals surface area contributed by atoms with E-state index in [1.165, 1.54) is 0 Å². The lowest BCUT2D eigenvalue weighted by molar-refractivity contribution is -0.121. The molecule has 7 nitrogen and oxygen atoms in total. The van der Waals surface area contributed by atoms with Gasteiger partial charge in [0.15, 0.2) is 5.96 Å². The number of aliphatic imine (C=N–C) groups is 1. The quantitative estimate of drug-likeness (QED) is 0.513. The van der Waals surface area contributed by atoms with Crippen molar-refractivity contribution in [3.63, 3.8) is 0 Å². The number of rotatable bonds is 6. The molecule has 1 aromatic rings. The van der Waals surface area contributed by atoms with Crippen molar-refractivity contribution < 1.29 is 9.59 Å². The first-order valence-electron chi connectivity index (χ1n) is 9.54. The monoisotopic (exact) mass is 373 g/mol. The summed E-state index contributed by atoms with van der Waals surface area (Å²) < 4.78 is 0. The van der Waals surface area contributed by atoms with Crippen LogP contribution in [-0.4, -0.2) is 63.5 Å². The summed E-state index contributed by atoms with van der Waals surface area (Å²) in [5.41, 5.74) is 1.79. The number of carbonyl (C=O) groups is 2. The number of carbonyl (C=O) groups excluding carboxylic acids is 2. The summed E-state index contributed by atoms with van der Waals surface area (Å²) in [6.45, 7) is 2.57. The Kier molecular flexibility index (Phi) is 8.10. The average Bonchev–Trinajstić information content (AvgIpc) is 2.71. The zero-order valence-corrected chi connectivity index (χ0v) is 16.5. The van der Waals surface area contributed by atoms with Crippen molar-refractivity contribution >= 4 is 17.8 Å². The SMILES string of the molecule is CN=C(NCCc1cccc(C(=O)NC)c1)N1CCC(CC(=O)NC)CC1. The number of nitrogens with one attached hydrogen (secondary N) is 3. The molecule has 1 aliphatic rings. The number of hydrogen-bond acceptors (Lipinski definition) is 3. The molecule has 148 valence electrons. The van der Waals surface area contributed by atoms with Gasteiger partial charge in [0.05, 0.1) is 0 Å². The molecule has 0 saturated carbocycles. The van der Waals surface area contributed by atoms with Crippen LogP contribution in [0.5, 0.6) is 0 Å². The zero-order chi connectivity index (χ0) is 19.6. The summed E-state index contributed by atoms with van der Waals surface area (Å²) in [7, 11) is 5.12. The lowest BCUT2D eigenvalue weighted by atomic mass is 9.93. The third-order valence-corrected chi connectivity index (χ3v) is 4.99. The first kappa shape index (κ1) is 20.7. The van der Waals surface area contributed by atoms with Crippen LogP contribution in [0.1, 0.15) is 35.2 Å². The number of piperidine rings is 1. The molecule has 2 rings (SSSR count). The molecule has 3 N–H and O–H groups in total. The highest BCUT2D eigenvalue weighted by Crippen LogP contribution is 2.20. The van der Waals surface area contributed by atoms with Gasteiger partial charge in [-0.1, -0.05) is 12.1 Å². The zero-order valence-electron chi connectivity index (χ0n) is 16.5. The highest BCUT2D eigenvalue weighted by atomic mass is 16.2. The van der Waals surface area contributed by atoms with E-state index in [2.05, 4.69) is 25.8 Å². The van der Waals surface area contributed by atoms with Gasteiger partial charge in [-0.15, -0.1) is 0 Å². The van der Waals surface area contributed by atoms with Gasteiger partial charge in [0.25, 0.3) is 5.91 Å². The predicted octanol–water partition coefficient (Wildman–Crippen LogP) is 1.01. The molecule has 0 bridgehead atoms. The second-order valence-electron chi connectivity index (χ2n) is 6.81. The van der Waals surface area contributed by atoms with Crippen molar-refractivity contribution in [2.24, 2.45) is 10.9 Å². The van der Waals surface area contributed by atoms with Gasteiger partial charge in [0, 0.05) is 52.8 Å². The van der Waals surface area contributed by atoms with Gasteiger partial charge in [-0.25, -0.2) is 0 Å². The van der Waals surface area contributed by atoms with Crippen LogP contribution in [0.2, 0.25) is 0 Å². The summed E-state index contributed by atoms with van der Waals surface area (Å²) in [6, 6.07) is 7.68. The van der Waals surface area contributed by atoms with Gasteiger partial charge in [-0.2, -0.15) is 0 Å². The van der Waals surface area contributed by atoms with Crippen LogP contribution >= 0.6 is 0 Å². The molecular formula is C20H31N5O2. The van der Waals surface area contributed by atoms with E-state index < -0.39 is 0 Å². The first-order valence-corrected chi connectivity index (χ1v) is 9.54. The van der Waals surface area contributed by atoms with E-state index in [1.54, 1.807) is 21.1 Å². The van der Waals surface area contributed by atoms with Crippen LogP contribution in [-0.2, 0) is 11.2 Å². The summed E-state index contributed by atoms with van der Waals surface area (Å²) in [4.78, 5) is 29.9. The van der Waals surface area contributed by atoms with Gasteiger partial charge in [0.1, 0.15) is 0 Å². The van der Waals surface area contributed by atoms with Crippen molar-refractivity contribution in [1.29, 1.82) is 0 Å². The number of guanidine groups is 1. The molecule has 27 heavy (non-hydrogen) atoms. The second-order valence-corrected chi connectivity index (χ2v) is 6.81. The molecule has 2 amide bonds. The Balaban J connectivity index is 1.80. The second kappa shape index (κ2) is 10.5. The molecule has 0 unspecified atom stereocenters. The number of amides is 2. The Morgan fingerprint density at radius 2 is 1.93 bits per heavy atom. The molecule has 0 aromatic heterocycles. The molecular weight excluding hydrogens is 342 g/mol. The van der Waals surface area contributed by atoms with Gasteiger partial charge in [-0.3, -0.25) is 14.6 Å². The topological polar surface area (TPSA) is 85.8 Å². The van der Waals surface area contributed by atoms with Crippen LogP contribution in [0.3, 0.4) is 0 Å². The Morgan fingerprint density at radius 3 is 2.56 bits per heavy atom. The third-order valence-electron chi connectivity index (χ3n) is 4.99. The fourth-order valence-corrected chi connectivity index (χ4v) is 3.38. The lowest BCUT2D eigenvalue weighted by Gasteiger charge is -2.34. The van der Waals surface area contributed by atoms with E-state index in [4.69, 9.17) is 0 Å². The largest absolute Gasteiger partial charge is 0.359 e. The number of likely N-dealkylation sites (tertiary alicyclic amines) is 1. The third kappa shape index (κ3) is 6.27. The molecule has 1 aromatic carbocycles. The smallest absolute Gasteiger partial charge is 0.251 e. The van der Waals surface area contributed by atoms with Crippen molar-refractivity contribution in [2.75, 3.05) is 40.8 Å². The van der Waals surface area contributed by atoms with Crippen LogP contribution in [0.4, 0.5) is 0 Å². The van der Waals surface area contributed by atoms with E-state index in [-0.39, 0.29) is 11.8 Å². The van der Waals surface area contributed by atoms with Crippen molar-refractivity contribution in [3.05, 3.63) is 35.4 Å². The Hall–Kier alpha value is -2.57. The average molecular weight is 374 g/mol. The van der Waals surface area contributed by atoms with E-state index in [9.17, 15) is 9.59 Å². The van der Waals surface area contributed by atoms with Crippen LogP contribution < -0.4 is 16.0 Å². The number of hydrogen-bond donors (Lipinski definition) is 3. The molecule has 0 aliphatic carbocycles. The Bertz CT molecular complexity index is 666. The lowest BCUT2D eigenvalue weighted by Crippen LogP contribution is -2.46. The molecule has 0 spiro atoms. The van der Waals surface area contributed by atoms with Crippen molar-refractivity contribution in [1.82, 2.24) is 20.9 Å². The van der Waals surface area contributed by atoms with Gasteiger partial charge >= 0.3 is 0 Å². The Labute approximate surface area is 161 Å². The molecule has 0 radical (unpaired) electrons. The van der Waals surface area contributed by atoms with E-state index in [1.807, 2.05) is 24.3 Å². The maximum absolute atomic E-state index is 11.7. The standard InChI is InChI=1S/C20H31N5O2/c1-21-18(26)14-16-8-11-25(12-9-16)20(23-3)24-10-7-15-5-4-6-17(13-15)19(27)22-2/h4-6,13,16H,7-12,14H2,1-3H3,(H,21,26)(H,22,27)(H,23,24). The minimum Gasteiger partial charge on any atom is -0.359 e. The van der Waals surface area contributed by atoms with E-state index in [0.29, 0.717) is 17.9 Å². The summed E-state index contributed by atoms with van der Waals surface area (Å²) in [5.74, 6) is 1.40. The molecule has 1 aliphatic heterocycles. The summed E-state index contributed by atoms with van der Waals surface area (Å²) in [5, 5.41) is 8.76. The minimum atomic E-state index is -0.0692. The summed E-state index contributed by atoms with van der Waals surface area (Å²) >= 11 is 0. The van der Waals surface area contributed by atoms with Crippen LogP contribution in [0.15, 0.2) is 29.3 Å². The van der Waals surface area contributed by atoms with Crippen LogP contribution in [0.25, 0.3) is 0 Å². The van der Waals surface area contributed by atoms with E-state index in [0.717, 1.165) is 50.4 Å². The normalized spacial score (nSPS) is 15.4. The van der Waals surface area contributed by atoms with Gasteiger partial charge < -0.3 is 20.9 Å². The minimum absolute atomic E-state index is 0.0692. The van der Waals surface area contributed by atoms with Crippen LogP contribution in [0, 0.1) is 5.92 Å². The molecule has 1 saturated heterocycles. The maximum atomic E-state index is 11.7. The highest BCUT2D eigenvalue weighted by Gasteiger charge is 2.22. The Morgan fingerprint density at radius 1 is 1.19 bits per heavy atom. The van der Waals surface area contributed by atoms with E-state index >= 15 is 0 Å². The summed E-state index contributed by atoms with van der Waals surface area (Å²) in [6.07, 6.45) is 3.43. The predicted molar refractivity (Wildman–Crippen MR) is 108 cm³/mol. The van der Waals surface area contributed by atoms with Crippen molar-refractivity contribution in [2.45, 2.75) is 25.7 Å². The fraction of sp³-hybridized carbons (Fsp3) is 0.550. The molecule has 1 heterocycles. The molecule has 7 heteroatoms. The highest BCUT2D eigenvalue weighted by molar-refractivity contribution is 5.94. The molecule has 0 atom stereocenters.